The normalized spacial score (nSPS) is 15.1. The summed E-state index contributed by atoms with van der Waals surface area (Å²) in [7, 11) is 1.61. The standard InChI is InChI=1S/C13H16Br2N2O3/c1-19-12-7-11(9(14)6-10(12)15)16-8-13(18)17-2-4-20-5-3-17/h6-7,16H,2-5,8H2,1H3. The van der Waals surface area contributed by atoms with Crippen molar-refractivity contribution in [1.29, 1.82) is 0 Å². The molecule has 0 radical (unpaired) electrons. The highest BCUT2D eigenvalue weighted by atomic mass is 79.9. The van der Waals surface area contributed by atoms with Crippen molar-refractivity contribution in [2.45, 2.75) is 0 Å². The third kappa shape index (κ3) is 3.86. The van der Waals surface area contributed by atoms with Crippen LogP contribution >= 0.6 is 31.9 Å². The van der Waals surface area contributed by atoms with E-state index in [1.165, 1.54) is 0 Å². The number of halogens is 2. The van der Waals surface area contributed by atoms with Gasteiger partial charge in [-0.3, -0.25) is 4.79 Å². The highest BCUT2D eigenvalue weighted by Gasteiger charge is 2.17. The van der Waals surface area contributed by atoms with Gasteiger partial charge in [0.15, 0.2) is 0 Å². The van der Waals surface area contributed by atoms with E-state index in [2.05, 4.69) is 37.2 Å². The summed E-state index contributed by atoms with van der Waals surface area (Å²) in [5.74, 6) is 0.789. The van der Waals surface area contributed by atoms with Crippen molar-refractivity contribution < 1.29 is 14.3 Å². The molecule has 0 saturated carbocycles. The van der Waals surface area contributed by atoms with Crippen molar-refractivity contribution in [3.63, 3.8) is 0 Å². The van der Waals surface area contributed by atoms with E-state index < -0.39 is 0 Å². The summed E-state index contributed by atoms with van der Waals surface area (Å²) in [6, 6.07) is 3.74. The number of morpholine rings is 1. The molecule has 1 aromatic carbocycles. The lowest BCUT2D eigenvalue weighted by molar-refractivity contribution is -0.133. The Balaban J connectivity index is 1.97. The molecule has 7 heteroatoms. The van der Waals surface area contributed by atoms with Gasteiger partial charge >= 0.3 is 0 Å². The van der Waals surface area contributed by atoms with Crippen LogP contribution in [0.15, 0.2) is 21.1 Å². The summed E-state index contributed by atoms with van der Waals surface area (Å²) in [5.41, 5.74) is 0.826. The van der Waals surface area contributed by atoms with E-state index in [1.807, 2.05) is 12.1 Å². The molecular formula is C13H16Br2N2O3. The number of anilines is 1. The van der Waals surface area contributed by atoms with E-state index in [9.17, 15) is 4.79 Å². The Morgan fingerprint density at radius 3 is 2.70 bits per heavy atom. The number of benzene rings is 1. The zero-order valence-corrected chi connectivity index (χ0v) is 14.3. The van der Waals surface area contributed by atoms with Crippen LogP contribution in [-0.2, 0) is 9.53 Å². The number of rotatable bonds is 4. The molecule has 1 fully saturated rings. The van der Waals surface area contributed by atoms with Crippen molar-refractivity contribution in [2.24, 2.45) is 0 Å². The van der Waals surface area contributed by atoms with Gasteiger partial charge in [0.05, 0.1) is 37.0 Å². The van der Waals surface area contributed by atoms with E-state index in [4.69, 9.17) is 9.47 Å². The van der Waals surface area contributed by atoms with Gasteiger partial charge in [-0.05, 0) is 37.9 Å². The highest BCUT2D eigenvalue weighted by molar-refractivity contribution is 9.11. The Labute approximate surface area is 134 Å². The van der Waals surface area contributed by atoms with Crippen molar-refractivity contribution in [1.82, 2.24) is 4.90 Å². The average Bonchev–Trinajstić information content (AvgIpc) is 2.47. The van der Waals surface area contributed by atoms with Gasteiger partial charge in [-0.2, -0.15) is 0 Å². The fourth-order valence-corrected chi connectivity index (χ4v) is 3.21. The van der Waals surface area contributed by atoms with Crippen LogP contribution < -0.4 is 10.1 Å². The minimum Gasteiger partial charge on any atom is -0.495 e. The van der Waals surface area contributed by atoms with Gasteiger partial charge in [0, 0.05) is 23.6 Å². The highest BCUT2D eigenvalue weighted by Crippen LogP contribution is 2.34. The van der Waals surface area contributed by atoms with E-state index in [-0.39, 0.29) is 12.5 Å². The quantitative estimate of drug-likeness (QED) is 0.832. The van der Waals surface area contributed by atoms with Gasteiger partial charge in [-0.15, -0.1) is 0 Å². The van der Waals surface area contributed by atoms with Crippen LogP contribution in [0.2, 0.25) is 0 Å². The molecule has 5 nitrogen and oxygen atoms in total. The lowest BCUT2D eigenvalue weighted by Gasteiger charge is -2.27. The molecule has 0 spiro atoms. The van der Waals surface area contributed by atoms with E-state index in [0.29, 0.717) is 26.3 Å². The monoisotopic (exact) mass is 406 g/mol. The first-order chi connectivity index (χ1) is 9.61. The number of methoxy groups -OCH3 is 1. The Kier molecular flexibility index (Phi) is 5.68. The summed E-state index contributed by atoms with van der Waals surface area (Å²) in [4.78, 5) is 13.9. The SMILES string of the molecule is COc1cc(NCC(=O)N2CCOCC2)c(Br)cc1Br. The van der Waals surface area contributed by atoms with Crippen molar-refractivity contribution in [3.8, 4) is 5.75 Å². The van der Waals surface area contributed by atoms with Gasteiger partial charge < -0.3 is 19.7 Å². The van der Waals surface area contributed by atoms with Gasteiger partial charge in [-0.1, -0.05) is 0 Å². The number of carbonyl (C=O) groups excluding carboxylic acids is 1. The second-order valence-corrected chi connectivity index (χ2v) is 6.02. The van der Waals surface area contributed by atoms with Crippen molar-refractivity contribution in [3.05, 3.63) is 21.1 Å². The number of ether oxygens (including phenoxy) is 2. The molecule has 2 rings (SSSR count). The van der Waals surface area contributed by atoms with Crippen molar-refractivity contribution >= 4 is 43.5 Å². The molecule has 1 heterocycles. The fourth-order valence-electron chi connectivity index (χ4n) is 1.92. The number of carbonyl (C=O) groups is 1. The Morgan fingerprint density at radius 1 is 1.35 bits per heavy atom. The van der Waals surface area contributed by atoms with E-state index in [0.717, 1.165) is 20.4 Å². The predicted octanol–water partition coefficient (Wildman–Crippen LogP) is 2.49. The Bertz CT molecular complexity index is 491. The van der Waals surface area contributed by atoms with Crippen LogP contribution in [0.1, 0.15) is 0 Å². The molecule has 1 amide bonds. The van der Waals surface area contributed by atoms with Gasteiger partial charge in [0.25, 0.3) is 0 Å². The maximum atomic E-state index is 12.1. The topological polar surface area (TPSA) is 50.8 Å². The third-order valence-electron chi connectivity index (χ3n) is 3.04. The smallest absolute Gasteiger partial charge is 0.242 e. The summed E-state index contributed by atoms with van der Waals surface area (Å²) in [5, 5.41) is 3.13. The van der Waals surface area contributed by atoms with Crippen LogP contribution in [0.3, 0.4) is 0 Å². The molecule has 1 N–H and O–H groups in total. The molecule has 0 atom stereocenters. The molecule has 1 saturated heterocycles. The first kappa shape index (κ1) is 15.6. The van der Waals surface area contributed by atoms with E-state index in [1.54, 1.807) is 12.0 Å². The molecule has 0 unspecified atom stereocenters. The summed E-state index contributed by atoms with van der Waals surface area (Å²) in [6.45, 7) is 2.79. The maximum Gasteiger partial charge on any atom is 0.242 e. The molecule has 110 valence electrons. The first-order valence-electron chi connectivity index (χ1n) is 6.24. The molecule has 0 aromatic heterocycles. The van der Waals surface area contributed by atoms with Crippen LogP contribution in [-0.4, -0.2) is 50.8 Å². The fraction of sp³-hybridized carbons (Fsp3) is 0.462. The summed E-state index contributed by atoms with van der Waals surface area (Å²) < 4.78 is 12.2. The molecule has 1 aliphatic heterocycles. The number of nitrogens with one attached hydrogen (secondary N) is 1. The van der Waals surface area contributed by atoms with Crippen molar-refractivity contribution in [2.75, 3.05) is 45.3 Å². The Hall–Kier alpha value is -0.790. The number of amides is 1. The zero-order valence-electron chi connectivity index (χ0n) is 11.1. The molecule has 20 heavy (non-hydrogen) atoms. The van der Waals surface area contributed by atoms with Crippen LogP contribution in [0.25, 0.3) is 0 Å². The van der Waals surface area contributed by atoms with Gasteiger partial charge in [0.2, 0.25) is 5.91 Å². The second kappa shape index (κ2) is 7.28. The molecular weight excluding hydrogens is 392 g/mol. The summed E-state index contributed by atoms with van der Waals surface area (Å²) in [6.07, 6.45) is 0. The van der Waals surface area contributed by atoms with E-state index >= 15 is 0 Å². The largest absolute Gasteiger partial charge is 0.495 e. The Morgan fingerprint density at radius 2 is 2.05 bits per heavy atom. The number of nitrogens with zero attached hydrogens (tertiary/aromatic N) is 1. The molecule has 0 aliphatic carbocycles. The van der Waals surface area contributed by atoms with Crippen LogP contribution in [0, 0.1) is 0 Å². The van der Waals surface area contributed by atoms with Gasteiger partial charge in [-0.25, -0.2) is 0 Å². The lowest BCUT2D eigenvalue weighted by atomic mass is 10.3. The molecule has 1 aromatic rings. The lowest BCUT2D eigenvalue weighted by Crippen LogP contribution is -2.43. The average molecular weight is 408 g/mol. The minimum atomic E-state index is 0.0714. The minimum absolute atomic E-state index is 0.0714. The molecule has 1 aliphatic rings. The molecule has 0 bridgehead atoms. The number of hydrogen-bond acceptors (Lipinski definition) is 4. The summed E-state index contributed by atoms with van der Waals surface area (Å²) >= 11 is 6.88. The van der Waals surface area contributed by atoms with Crippen LogP contribution in [0.4, 0.5) is 5.69 Å². The zero-order chi connectivity index (χ0) is 14.5. The number of hydrogen-bond donors (Lipinski definition) is 1. The third-order valence-corrected chi connectivity index (χ3v) is 4.31. The van der Waals surface area contributed by atoms with Gasteiger partial charge in [0.1, 0.15) is 5.75 Å². The maximum absolute atomic E-state index is 12.1. The predicted molar refractivity (Wildman–Crippen MR) is 84.3 cm³/mol. The second-order valence-electron chi connectivity index (χ2n) is 4.31. The van der Waals surface area contributed by atoms with Crippen LogP contribution in [0.5, 0.6) is 5.75 Å². The first-order valence-corrected chi connectivity index (χ1v) is 7.83.